The number of amides is 3. The third kappa shape index (κ3) is 48.2. The fraction of sp³-hybridized carbons (Fsp3) is 0.861. The molecule has 0 aliphatic heterocycles. The fourth-order valence-corrected chi connectivity index (χ4v) is 11.8. The van der Waals surface area contributed by atoms with Gasteiger partial charge >= 0.3 is 47.8 Å². The Morgan fingerprint density at radius 2 is 0.402 bits per heavy atom. The quantitative estimate of drug-likeness (QED) is 0.0291. The number of hydrogen-bond donors (Lipinski definition) is 3. The minimum atomic E-state index is -1.40. The molecule has 0 heterocycles. The van der Waals surface area contributed by atoms with Gasteiger partial charge < -0.3 is 58.6 Å². The molecule has 0 saturated heterocycles. The Hall–Kier alpha value is -5.87. The lowest BCUT2D eigenvalue weighted by atomic mass is 9.67. The van der Waals surface area contributed by atoms with Gasteiger partial charge in [0.1, 0.15) is 44.8 Å². The van der Waals surface area contributed by atoms with Gasteiger partial charge in [-0.1, -0.05) is 13.8 Å². The first kappa shape index (κ1) is 96.1. The summed E-state index contributed by atoms with van der Waals surface area (Å²) in [6.45, 7) is 51.5. The van der Waals surface area contributed by atoms with Crippen molar-refractivity contribution < 1.29 is 95.4 Å². The number of nitrogens with one attached hydrogen (secondary N) is 3. The molecule has 0 aromatic heterocycles. The van der Waals surface area contributed by atoms with Gasteiger partial charge in [-0.15, -0.1) is 0 Å². The third-order valence-corrected chi connectivity index (χ3v) is 16.1. The molecule has 0 radical (unpaired) electrons. The van der Waals surface area contributed by atoms with Crippen molar-refractivity contribution in [1.82, 2.24) is 16.0 Å². The summed E-state index contributed by atoms with van der Waals surface area (Å²) < 4.78 is 52.0. The van der Waals surface area contributed by atoms with E-state index >= 15 is 14.4 Å². The van der Waals surface area contributed by atoms with E-state index in [9.17, 15) is 38.4 Å². The Labute approximate surface area is 614 Å². The van der Waals surface area contributed by atoms with Crippen LogP contribution in [0.1, 0.15) is 355 Å². The minimum absolute atomic E-state index is 0.0466. The predicted octanol–water partition coefficient (Wildman–Crippen LogP) is 15.1. The van der Waals surface area contributed by atoms with Crippen LogP contribution in [0.4, 0.5) is 0 Å². The van der Waals surface area contributed by atoms with Gasteiger partial charge in [0.05, 0.1) is 5.60 Å². The van der Waals surface area contributed by atoms with Crippen LogP contribution in [0.3, 0.4) is 0 Å². The van der Waals surface area contributed by atoms with Crippen LogP contribution in [-0.2, 0) is 95.4 Å². The molecule has 102 heavy (non-hydrogen) atoms. The summed E-state index contributed by atoms with van der Waals surface area (Å²) in [6.07, 6.45) is -1.47. The molecule has 0 unspecified atom stereocenters. The highest BCUT2D eigenvalue weighted by Gasteiger charge is 2.43. The fourth-order valence-electron chi connectivity index (χ4n) is 11.8. The summed E-state index contributed by atoms with van der Waals surface area (Å²) in [4.78, 5) is 154. The predicted molar refractivity (Wildman–Crippen MR) is 393 cm³/mol. The molecule has 0 aromatic carbocycles. The Bertz CT molecular complexity index is 2410. The molecule has 0 saturated carbocycles. The van der Waals surface area contributed by atoms with Crippen molar-refractivity contribution in [1.29, 1.82) is 0 Å². The van der Waals surface area contributed by atoms with Gasteiger partial charge in [0, 0.05) is 93.9 Å². The van der Waals surface area contributed by atoms with Gasteiger partial charge in [-0.2, -0.15) is 0 Å². The maximum absolute atomic E-state index is 15.2. The van der Waals surface area contributed by atoms with Crippen LogP contribution in [0.25, 0.3) is 0 Å². The van der Waals surface area contributed by atoms with Crippen molar-refractivity contribution in [2.45, 2.75) is 422 Å². The maximum atomic E-state index is 15.2. The van der Waals surface area contributed by atoms with E-state index < -0.39 is 138 Å². The number of ether oxygens (including phenoxy) is 9. The zero-order valence-corrected chi connectivity index (χ0v) is 68.9. The third-order valence-electron chi connectivity index (χ3n) is 16.1. The van der Waals surface area contributed by atoms with Crippen molar-refractivity contribution in [3.63, 3.8) is 0 Å². The second-order valence-electron chi connectivity index (χ2n) is 37.3. The summed E-state index contributed by atoms with van der Waals surface area (Å²) in [5, 5.41) is 9.67. The molecule has 0 bridgehead atoms. The highest BCUT2D eigenvalue weighted by molar-refractivity contribution is 5.80. The van der Waals surface area contributed by atoms with Crippen molar-refractivity contribution in [3.05, 3.63) is 0 Å². The lowest BCUT2D eigenvalue weighted by Gasteiger charge is -2.41. The molecule has 3 N–H and O–H groups in total. The summed E-state index contributed by atoms with van der Waals surface area (Å²) in [5.74, 6) is -6.37. The van der Waals surface area contributed by atoms with Crippen LogP contribution in [-0.4, -0.2) is 139 Å². The van der Waals surface area contributed by atoms with Gasteiger partial charge in [-0.3, -0.25) is 52.7 Å². The molecule has 0 aliphatic rings. The lowest BCUT2D eigenvalue weighted by molar-refractivity contribution is -0.158. The van der Waals surface area contributed by atoms with Gasteiger partial charge in [0.25, 0.3) is 0 Å². The Balaban J connectivity index is 8.66. The summed E-state index contributed by atoms with van der Waals surface area (Å²) in [5.41, 5.74) is -12.4. The summed E-state index contributed by atoms with van der Waals surface area (Å²) in [6, 6.07) is 0. The number of esters is 8. The topological polar surface area (TPSA) is 307 Å². The van der Waals surface area contributed by atoms with Crippen molar-refractivity contribution in [2.75, 3.05) is 6.61 Å². The normalized spacial score (nSPS) is 13.3. The first-order valence-electron chi connectivity index (χ1n) is 37.1. The van der Waals surface area contributed by atoms with Gasteiger partial charge in [-0.25, -0.2) is 0 Å². The number of carbonyl (C=O) groups excluding carboxylic acids is 11. The molecule has 0 spiro atoms. The van der Waals surface area contributed by atoms with Crippen LogP contribution in [0.2, 0.25) is 0 Å². The minimum Gasteiger partial charge on any atom is -0.460 e. The van der Waals surface area contributed by atoms with E-state index in [0.29, 0.717) is 6.42 Å². The molecule has 23 heteroatoms. The first-order valence-corrected chi connectivity index (χ1v) is 37.1. The second kappa shape index (κ2) is 40.0. The van der Waals surface area contributed by atoms with Crippen LogP contribution in [0.5, 0.6) is 0 Å². The van der Waals surface area contributed by atoms with E-state index in [-0.39, 0.29) is 160 Å². The highest BCUT2D eigenvalue weighted by atomic mass is 16.6. The second-order valence-corrected chi connectivity index (χ2v) is 37.3. The van der Waals surface area contributed by atoms with E-state index in [1.165, 1.54) is 0 Å². The molecule has 0 aliphatic carbocycles. The molecular weight excluding hydrogens is 1310 g/mol. The van der Waals surface area contributed by atoms with Crippen molar-refractivity contribution in [3.8, 4) is 0 Å². The number of carbonyl (C=O) groups is 11. The Morgan fingerprint density at radius 3 is 0.549 bits per heavy atom. The maximum Gasteiger partial charge on any atom is 0.306 e. The SMILES string of the molecule is CC(C)C(CCC(=O)NC(CCCOC(C)(C)C)(CCC(=O)OC(C)(C)C)CCC(=O)OC(C)(C)C)(CCC(=O)NC(CCC(=O)OC(C)(C)C)(CCC(=O)OC(C)(C)C)CCC(=O)OC(C)(C)C)CCC(=O)NC(CCC(=O)OC(C)(C)C)(CCC(=O)OC(C)(C)C)CCC(=O)OC(C)(C)C. The highest BCUT2D eigenvalue weighted by Crippen LogP contribution is 2.44. The first-order chi connectivity index (χ1) is 45.8. The number of rotatable bonds is 41. The smallest absolute Gasteiger partial charge is 0.306 e. The largest absolute Gasteiger partial charge is 0.460 e. The van der Waals surface area contributed by atoms with Crippen molar-refractivity contribution >= 4 is 65.5 Å². The molecular formula is C79H141N3O20. The molecule has 0 fully saturated rings. The Kier molecular flexibility index (Phi) is 37.7. The summed E-state index contributed by atoms with van der Waals surface area (Å²) >= 11 is 0. The lowest BCUT2D eigenvalue weighted by Crippen LogP contribution is -2.51. The summed E-state index contributed by atoms with van der Waals surface area (Å²) in [7, 11) is 0. The molecule has 592 valence electrons. The molecule has 0 rings (SSSR count). The zero-order valence-electron chi connectivity index (χ0n) is 68.9. The monoisotopic (exact) mass is 1450 g/mol. The number of hydrogen-bond acceptors (Lipinski definition) is 20. The Morgan fingerprint density at radius 1 is 0.235 bits per heavy atom. The molecule has 3 amide bonds. The van der Waals surface area contributed by atoms with Crippen LogP contribution in [0.15, 0.2) is 0 Å². The van der Waals surface area contributed by atoms with Gasteiger partial charge in [0.2, 0.25) is 17.7 Å². The van der Waals surface area contributed by atoms with Gasteiger partial charge in [0.15, 0.2) is 0 Å². The van der Waals surface area contributed by atoms with E-state index in [1.54, 1.807) is 166 Å². The molecule has 0 aromatic rings. The van der Waals surface area contributed by atoms with E-state index in [0.717, 1.165) is 0 Å². The van der Waals surface area contributed by atoms with Crippen LogP contribution < -0.4 is 16.0 Å². The molecule has 23 nitrogen and oxygen atoms in total. The van der Waals surface area contributed by atoms with Crippen molar-refractivity contribution in [2.24, 2.45) is 11.3 Å². The molecule has 0 atom stereocenters. The zero-order chi connectivity index (χ0) is 79.6. The average molecular weight is 1450 g/mol. The van der Waals surface area contributed by atoms with Gasteiger partial charge in [-0.05, 0) is 282 Å². The van der Waals surface area contributed by atoms with E-state index in [1.807, 2.05) is 34.6 Å². The van der Waals surface area contributed by atoms with E-state index in [2.05, 4.69) is 16.0 Å². The van der Waals surface area contributed by atoms with Crippen LogP contribution >= 0.6 is 0 Å². The standard InChI is InChI=1S/C79H141N3O20/c1-55(2)76(43-31-56(83)80-77(42-30-54-94-67(3,4)5,46-34-59(86)95-68(6,7)8)47-35-60(87)96-69(9,10)11,44-32-57(84)81-78(48-36-61(88)97-70(12,13)14,49-37-62(89)98-71(15,16)17)50-38-63(90)99-72(18,19)20)45-33-58(85)82-79(51-39-64(91)100-73(21,22)23,52-40-65(92)101-74(24,25)26)53-41-66(93)102-75(27,28)29/h55H,30-54H2,1-29H3,(H,80,83)(H,81,84)(H,82,85). The van der Waals surface area contributed by atoms with Crippen LogP contribution in [0, 0.1) is 11.3 Å². The van der Waals surface area contributed by atoms with E-state index in [4.69, 9.17) is 42.6 Å². The average Bonchev–Trinajstić information content (AvgIpc) is 0.826.